The molecule has 0 saturated carbocycles. The molecule has 2 rings (SSSR count). The maximum atomic E-state index is 11.9. The number of aliphatic carboxylic acids is 1. The van der Waals surface area contributed by atoms with Crippen LogP contribution in [-0.2, 0) is 4.79 Å². The lowest BCUT2D eigenvalue weighted by Crippen LogP contribution is -2.11. The van der Waals surface area contributed by atoms with Gasteiger partial charge in [-0.3, -0.25) is 4.79 Å². The Kier molecular flexibility index (Phi) is 4.78. The van der Waals surface area contributed by atoms with Crippen molar-refractivity contribution in [2.24, 2.45) is 0 Å². The number of pyridine rings is 1. The van der Waals surface area contributed by atoms with Gasteiger partial charge in [-0.1, -0.05) is 0 Å². The Hall–Kier alpha value is -2.82. The summed E-state index contributed by atoms with van der Waals surface area (Å²) in [4.78, 5) is 22.5. The van der Waals surface area contributed by atoms with E-state index in [9.17, 15) is 9.59 Å². The quantitative estimate of drug-likeness (QED) is 0.862. The van der Waals surface area contributed by atoms with Gasteiger partial charge in [-0.25, -0.2) is 4.79 Å². The molecule has 0 bridgehead atoms. The molecule has 5 heteroatoms. The Morgan fingerprint density at radius 3 is 2.59 bits per heavy atom. The number of aromatic nitrogens is 1. The van der Waals surface area contributed by atoms with Gasteiger partial charge in [0.05, 0.1) is 6.61 Å². The molecule has 0 fully saturated rings. The Labute approximate surface area is 128 Å². The Bertz CT molecular complexity index is 757. The van der Waals surface area contributed by atoms with E-state index in [0.717, 1.165) is 23.2 Å². The molecule has 1 N–H and O–H groups in total. The van der Waals surface area contributed by atoms with E-state index in [1.54, 1.807) is 6.20 Å². The number of aryl methyl sites for hydroxylation is 1. The first-order valence-corrected chi connectivity index (χ1v) is 6.89. The van der Waals surface area contributed by atoms with Crippen molar-refractivity contribution < 1.29 is 14.6 Å². The maximum Gasteiger partial charge on any atom is 0.328 e. The first-order valence-electron chi connectivity index (χ1n) is 6.89. The molecule has 0 aliphatic heterocycles. The second kappa shape index (κ2) is 6.76. The summed E-state index contributed by atoms with van der Waals surface area (Å²) < 4.78 is 7.23. The Morgan fingerprint density at radius 1 is 1.32 bits per heavy atom. The summed E-state index contributed by atoms with van der Waals surface area (Å²) in [6.45, 7) is 4.34. The fourth-order valence-electron chi connectivity index (χ4n) is 2.08. The SMILES string of the molecule is CCOc1ccc(-n2cc(/C=C/C(=O)O)c(=O)cc2C)cc1. The predicted octanol–water partition coefficient (Wildman–Crippen LogP) is 2.64. The molecule has 0 unspecified atom stereocenters. The van der Waals surface area contributed by atoms with Crippen LogP contribution in [0, 0.1) is 6.92 Å². The zero-order valence-corrected chi connectivity index (χ0v) is 12.4. The van der Waals surface area contributed by atoms with Crippen molar-refractivity contribution in [1.29, 1.82) is 0 Å². The van der Waals surface area contributed by atoms with Crippen molar-refractivity contribution >= 4 is 12.0 Å². The second-order valence-electron chi connectivity index (χ2n) is 4.70. The number of nitrogens with zero attached hydrogens (tertiary/aromatic N) is 1. The molecule has 1 aromatic carbocycles. The van der Waals surface area contributed by atoms with Crippen LogP contribution in [0.5, 0.6) is 5.75 Å². The third kappa shape index (κ3) is 3.63. The number of rotatable bonds is 5. The van der Waals surface area contributed by atoms with Crippen LogP contribution in [0.2, 0.25) is 0 Å². The van der Waals surface area contributed by atoms with Crippen LogP contribution in [0.25, 0.3) is 11.8 Å². The van der Waals surface area contributed by atoms with Gasteiger partial charge in [0.25, 0.3) is 0 Å². The summed E-state index contributed by atoms with van der Waals surface area (Å²) in [7, 11) is 0. The minimum Gasteiger partial charge on any atom is -0.494 e. The molecule has 1 heterocycles. The van der Waals surface area contributed by atoms with Gasteiger partial charge in [0, 0.05) is 35.3 Å². The molecule has 0 atom stereocenters. The average Bonchev–Trinajstić information content (AvgIpc) is 2.47. The summed E-state index contributed by atoms with van der Waals surface area (Å²) >= 11 is 0. The van der Waals surface area contributed by atoms with E-state index in [0.29, 0.717) is 12.2 Å². The van der Waals surface area contributed by atoms with Crippen LogP contribution < -0.4 is 10.2 Å². The molecule has 0 aliphatic carbocycles. The molecule has 0 saturated heterocycles. The van der Waals surface area contributed by atoms with Gasteiger partial charge in [-0.2, -0.15) is 0 Å². The molecule has 0 spiro atoms. The van der Waals surface area contributed by atoms with Gasteiger partial charge in [0.1, 0.15) is 5.75 Å². The molecule has 1 aromatic heterocycles. The van der Waals surface area contributed by atoms with Gasteiger partial charge in [0.2, 0.25) is 0 Å². The van der Waals surface area contributed by atoms with Crippen molar-refractivity contribution in [3.05, 3.63) is 64.1 Å². The van der Waals surface area contributed by atoms with E-state index in [4.69, 9.17) is 9.84 Å². The summed E-state index contributed by atoms with van der Waals surface area (Å²) in [5.74, 6) is -0.316. The lowest BCUT2D eigenvalue weighted by Gasteiger charge is -2.12. The molecule has 0 aliphatic rings. The molecule has 0 radical (unpaired) electrons. The van der Waals surface area contributed by atoms with Crippen LogP contribution in [0.3, 0.4) is 0 Å². The first-order chi connectivity index (χ1) is 10.5. The van der Waals surface area contributed by atoms with E-state index in [1.165, 1.54) is 12.1 Å². The van der Waals surface area contributed by atoms with Gasteiger partial charge < -0.3 is 14.4 Å². The second-order valence-corrected chi connectivity index (χ2v) is 4.70. The van der Waals surface area contributed by atoms with Gasteiger partial charge in [-0.05, 0) is 44.2 Å². The minimum absolute atomic E-state index is 0.211. The lowest BCUT2D eigenvalue weighted by molar-refractivity contribution is -0.131. The Morgan fingerprint density at radius 2 is 2.00 bits per heavy atom. The summed E-state index contributed by atoms with van der Waals surface area (Å²) in [6, 6.07) is 8.95. The highest BCUT2D eigenvalue weighted by atomic mass is 16.5. The average molecular weight is 299 g/mol. The van der Waals surface area contributed by atoms with E-state index in [1.807, 2.05) is 42.7 Å². The lowest BCUT2D eigenvalue weighted by atomic mass is 10.2. The first kappa shape index (κ1) is 15.6. The number of carboxylic acids is 1. The number of carbonyl (C=O) groups is 1. The van der Waals surface area contributed by atoms with Crippen LogP contribution >= 0.6 is 0 Å². The smallest absolute Gasteiger partial charge is 0.328 e. The molecule has 0 amide bonds. The van der Waals surface area contributed by atoms with Crippen LogP contribution in [0.4, 0.5) is 0 Å². The van der Waals surface area contributed by atoms with Crippen LogP contribution in [0.15, 0.2) is 47.4 Å². The molecular formula is C17H17NO4. The number of ether oxygens (including phenoxy) is 1. The number of carboxylic acid groups (broad SMARTS) is 1. The highest BCUT2D eigenvalue weighted by molar-refractivity contribution is 5.85. The largest absolute Gasteiger partial charge is 0.494 e. The van der Waals surface area contributed by atoms with Crippen molar-refractivity contribution in [2.45, 2.75) is 13.8 Å². The fourth-order valence-corrected chi connectivity index (χ4v) is 2.08. The van der Waals surface area contributed by atoms with E-state index in [-0.39, 0.29) is 5.43 Å². The fraction of sp³-hybridized carbons (Fsp3) is 0.176. The normalized spacial score (nSPS) is 10.8. The predicted molar refractivity (Wildman–Crippen MR) is 84.6 cm³/mol. The van der Waals surface area contributed by atoms with Crippen molar-refractivity contribution in [3.63, 3.8) is 0 Å². The van der Waals surface area contributed by atoms with Gasteiger partial charge in [0.15, 0.2) is 5.43 Å². The highest BCUT2D eigenvalue weighted by Crippen LogP contribution is 2.17. The van der Waals surface area contributed by atoms with Gasteiger partial charge >= 0.3 is 5.97 Å². The molecule has 2 aromatic rings. The number of hydrogen-bond acceptors (Lipinski definition) is 3. The third-order valence-electron chi connectivity index (χ3n) is 3.10. The van der Waals surface area contributed by atoms with E-state index in [2.05, 4.69) is 0 Å². The van der Waals surface area contributed by atoms with Gasteiger partial charge in [-0.15, -0.1) is 0 Å². The molecular weight excluding hydrogens is 282 g/mol. The van der Waals surface area contributed by atoms with Crippen molar-refractivity contribution in [1.82, 2.24) is 4.57 Å². The Balaban J connectivity index is 2.43. The van der Waals surface area contributed by atoms with Crippen LogP contribution in [-0.4, -0.2) is 22.2 Å². The summed E-state index contributed by atoms with van der Waals surface area (Å²) in [6.07, 6.45) is 3.89. The molecule has 22 heavy (non-hydrogen) atoms. The van der Waals surface area contributed by atoms with E-state index < -0.39 is 5.97 Å². The standard InChI is InChI=1S/C17H17NO4/c1-3-22-15-7-5-14(6-8-15)18-11-13(4-9-17(20)21)16(19)10-12(18)2/h4-11H,3H2,1-2H3,(H,20,21)/b9-4+. The molecule has 5 nitrogen and oxygen atoms in total. The van der Waals surface area contributed by atoms with Crippen molar-refractivity contribution in [3.8, 4) is 11.4 Å². The van der Waals surface area contributed by atoms with Crippen molar-refractivity contribution in [2.75, 3.05) is 6.61 Å². The summed E-state index contributed by atoms with van der Waals surface area (Å²) in [5, 5.41) is 8.68. The maximum absolute atomic E-state index is 11.9. The minimum atomic E-state index is -1.09. The third-order valence-corrected chi connectivity index (χ3v) is 3.10. The zero-order valence-electron chi connectivity index (χ0n) is 12.4. The monoisotopic (exact) mass is 299 g/mol. The van der Waals surface area contributed by atoms with E-state index >= 15 is 0 Å². The highest BCUT2D eigenvalue weighted by Gasteiger charge is 2.04. The number of benzene rings is 1. The number of hydrogen-bond donors (Lipinski definition) is 1. The summed E-state index contributed by atoms with van der Waals surface area (Å²) in [5.41, 5.74) is 1.74. The topological polar surface area (TPSA) is 68.5 Å². The molecule has 114 valence electrons. The van der Waals surface area contributed by atoms with Crippen LogP contribution in [0.1, 0.15) is 18.2 Å². The zero-order chi connectivity index (χ0) is 16.1.